The molecule has 0 atom stereocenters. The Morgan fingerprint density at radius 2 is 1.77 bits per heavy atom. The third kappa shape index (κ3) is 3.61. The van der Waals surface area contributed by atoms with E-state index in [0.29, 0.717) is 39.6 Å². The molecule has 0 unspecified atom stereocenters. The highest BCUT2D eigenvalue weighted by molar-refractivity contribution is 6.03. The van der Waals surface area contributed by atoms with Gasteiger partial charge in [-0.05, 0) is 43.3 Å². The lowest BCUT2D eigenvalue weighted by Gasteiger charge is -2.12. The summed E-state index contributed by atoms with van der Waals surface area (Å²) >= 11 is 0. The van der Waals surface area contributed by atoms with E-state index in [0.717, 1.165) is 0 Å². The van der Waals surface area contributed by atoms with E-state index in [2.05, 4.69) is 15.5 Å². The van der Waals surface area contributed by atoms with Gasteiger partial charge in [-0.1, -0.05) is 38.1 Å². The molecule has 2 heterocycles. The number of hydrogen-bond donors (Lipinski definition) is 1. The number of nitrogens with one attached hydrogen (secondary N) is 1. The Morgan fingerprint density at radius 3 is 2.43 bits per heavy atom. The van der Waals surface area contributed by atoms with Crippen LogP contribution in [-0.2, 0) is 5.41 Å². The van der Waals surface area contributed by atoms with Crippen LogP contribution in [0.15, 0.2) is 63.9 Å². The molecule has 0 saturated heterocycles. The van der Waals surface area contributed by atoms with Gasteiger partial charge < -0.3 is 9.84 Å². The molecule has 30 heavy (non-hydrogen) atoms. The summed E-state index contributed by atoms with van der Waals surface area (Å²) in [5, 5.41) is 7.18. The van der Waals surface area contributed by atoms with Gasteiger partial charge in [0.25, 0.3) is 11.5 Å². The molecule has 0 fully saturated rings. The molecular formula is C23H22N4O3. The highest BCUT2D eigenvalue weighted by Crippen LogP contribution is 2.24. The molecule has 0 bridgehead atoms. The molecule has 1 N–H and O–H groups in total. The molecule has 152 valence electrons. The Labute approximate surface area is 173 Å². The number of carbonyl (C=O) groups is 1. The number of hydrogen-bond acceptors (Lipinski definition) is 5. The van der Waals surface area contributed by atoms with Crippen molar-refractivity contribution < 1.29 is 9.32 Å². The zero-order valence-corrected chi connectivity index (χ0v) is 17.3. The lowest BCUT2D eigenvalue weighted by molar-refractivity contribution is 0.102. The van der Waals surface area contributed by atoms with E-state index < -0.39 is 0 Å². The first kappa shape index (κ1) is 19.6. The molecule has 1 amide bonds. The number of nitrogens with zero attached hydrogens (tertiary/aromatic N) is 3. The van der Waals surface area contributed by atoms with Crippen molar-refractivity contribution in [2.45, 2.75) is 33.1 Å². The molecule has 0 aliphatic rings. The summed E-state index contributed by atoms with van der Waals surface area (Å²) in [4.78, 5) is 30.0. The SMILES string of the molecule is Cc1nc2ccccc2c(=O)n1-c1ccc(C(=O)Nc2cc(C(C)(C)C)on2)cc1. The molecule has 0 aliphatic carbocycles. The Kier molecular flexibility index (Phi) is 4.73. The maximum absolute atomic E-state index is 12.9. The van der Waals surface area contributed by atoms with Crippen molar-refractivity contribution in [2.24, 2.45) is 0 Å². The molecule has 0 aliphatic heterocycles. The summed E-state index contributed by atoms with van der Waals surface area (Å²) < 4.78 is 6.83. The molecule has 0 spiro atoms. The Bertz CT molecular complexity index is 1290. The molecule has 2 aromatic heterocycles. The molecular weight excluding hydrogens is 380 g/mol. The van der Waals surface area contributed by atoms with Crippen LogP contribution in [0.4, 0.5) is 5.82 Å². The highest BCUT2D eigenvalue weighted by atomic mass is 16.5. The van der Waals surface area contributed by atoms with Crippen LogP contribution in [0.1, 0.15) is 42.7 Å². The average molecular weight is 402 g/mol. The Morgan fingerprint density at radius 1 is 1.07 bits per heavy atom. The van der Waals surface area contributed by atoms with Crippen LogP contribution >= 0.6 is 0 Å². The second kappa shape index (κ2) is 7.26. The van der Waals surface area contributed by atoms with E-state index >= 15 is 0 Å². The molecule has 7 heteroatoms. The summed E-state index contributed by atoms with van der Waals surface area (Å²) in [5.74, 6) is 1.32. The van der Waals surface area contributed by atoms with Crippen molar-refractivity contribution in [3.8, 4) is 5.69 Å². The van der Waals surface area contributed by atoms with Crippen LogP contribution in [0.25, 0.3) is 16.6 Å². The van der Waals surface area contributed by atoms with Crippen LogP contribution in [0.5, 0.6) is 0 Å². The predicted octanol–water partition coefficient (Wildman–Crippen LogP) is 4.23. The van der Waals surface area contributed by atoms with E-state index in [1.807, 2.05) is 39.0 Å². The second-order valence-corrected chi connectivity index (χ2v) is 8.14. The smallest absolute Gasteiger partial charge is 0.265 e. The Hall–Kier alpha value is -3.74. The van der Waals surface area contributed by atoms with Crippen LogP contribution in [0.2, 0.25) is 0 Å². The summed E-state index contributed by atoms with van der Waals surface area (Å²) in [7, 11) is 0. The topological polar surface area (TPSA) is 90.0 Å². The molecule has 2 aromatic carbocycles. The number of benzene rings is 2. The van der Waals surface area contributed by atoms with Crippen molar-refractivity contribution in [2.75, 3.05) is 5.32 Å². The first-order valence-corrected chi connectivity index (χ1v) is 9.61. The van der Waals surface area contributed by atoms with Crippen molar-refractivity contribution in [3.63, 3.8) is 0 Å². The van der Waals surface area contributed by atoms with Crippen molar-refractivity contribution in [3.05, 3.63) is 82.1 Å². The van der Waals surface area contributed by atoms with Gasteiger partial charge in [0.1, 0.15) is 11.6 Å². The number of anilines is 1. The van der Waals surface area contributed by atoms with Gasteiger partial charge in [-0.15, -0.1) is 0 Å². The van der Waals surface area contributed by atoms with Crippen molar-refractivity contribution in [1.29, 1.82) is 0 Å². The molecule has 4 aromatic rings. The normalized spacial score (nSPS) is 11.6. The number of carbonyl (C=O) groups excluding carboxylic acids is 1. The van der Waals surface area contributed by atoms with Gasteiger partial charge in [-0.3, -0.25) is 14.2 Å². The van der Waals surface area contributed by atoms with Crippen LogP contribution in [0.3, 0.4) is 0 Å². The van der Waals surface area contributed by atoms with E-state index in [1.54, 1.807) is 43.3 Å². The van der Waals surface area contributed by atoms with Gasteiger partial charge in [0, 0.05) is 17.0 Å². The molecule has 0 saturated carbocycles. The van der Waals surface area contributed by atoms with E-state index in [-0.39, 0.29) is 16.9 Å². The minimum atomic E-state index is -0.309. The minimum absolute atomic E-state index is 0.146. The first-order chi connectivity index (χ1) is 14.2. The number of aromatic nitrogens is 3. The largest absolute Gasteiger partial charge is 0.359 e. The van der Waals surface area contributed by atoms with Crippen LogP contribution < -0.4 is 10.9 Å². The maximum atomic E-state index is 12.9. The fraction of sp³-hybridized carbons (Fsp3) is 0.217. The minimum Gasteiger partial charge on any atom is -0.359 e. The lowest BCUT2D eigenvalue weighted by atomic mass is 9.93. The summed E-state index contributed by atoms with van der Waals surface area (Å²) in [6.07, 6.45) is 0. The number of amides is 1. The third-order valence-corrected chi connectivity index (χ3v) is 4.82. The van der Waals surface area contributed by atoms with E-state index in [4.69, 9.17) is 4.52 Å². The first-order valence-electron chi connectivity index (χ1n) is 9.61. The predicted molar refractivity (Wildman–Crippen MR) is 115 cm³/mol. The fourth-order valence-electron chi connectivity index (χ4n) is 3.19. The monoisotopic (exact) mass is 402 g/mol. The Balaban J connectivity index is 1.60. The summed E-state index contributed by atoms with van der Waals surface area (Å²) in [5.41, 5.74) is 1.40. The third-order valence-electron chi connectivity index (χ3n) is 4.82. The number of rotatable bonds is 3. The van der Waals surface area contributed by atoms with E-state index in [9.17, 15) is 9.59 Å². The molecule has 7 nitrogen and oxygen atoms in total. The van der Waals surface area contributed by atoms with Gasteiger partial charge in [-0.25, -0.2) is 4.98 Å². The van der Waals surface area contributed by atoms with Crippen molar-refractivity contribution >= 4 is 22.6 Å². The van der Waals surface area contributed by atoms with Gasteiger partial charge in [0.05, 0.1) is 16.6 Å². The number of fused-ring (bicyclic) bond motifs is 1. The standard InChI is InChI=1S/C23H22N4O3/c1-14-24-18-8-6-5-7-17(18)22(29)27(14)16-11-9-15(10-12-16)21(28)25-20-13-19(30-26-20)23(2,3)4/h5-13H,1-4H3,(H,25,26,28). The second-order valence-electron chi connectivity index (χ2n) is 8.14. The van der Waals surface area contributed by atoms with E-state index in [1.165, 1.54) is 4.57 Å². The van der Waals surface area contributed by atoms with Gasteiger partial charge >= 0.3 is 0 Å². The highest BCUT2D eigenvalue weighted by Gasteiger charge is 2.20. The van der Waals surface area contributed by atoms with Gasteiger partial charge in [0.2, 0.25) is 0 Å². The average Bonchev–Trinajstić information content (AvgIpc) is 3.17. The van der Waals surface area contributed by atoms with Crippen LogP contribution in [-0.4, -0.2) is 20.6 Å². The fourth-order valence-corrected chi connectivity index (χ4v) is 3.19. The number of para-hydroxylation sites is 1. The lowest BCUT2D eigenvalue weighted by Crippen LogP contribution is -2.22. The zero-order valence-electron chi connectivity index (χ0n) is 17.3. The van der Waals surface area contributed by atoms with Gasteiger partial charge in [0.15, 0.2) is 5.82 Å². The van der Waals surface area contributed by atoms with Crippen LogP contribution in [0, 0.1) is 6.92 Å². The number of aryl methyl sites for hydroxylation is 1. The zero-order chi connectivity index (χ0) is 21.5. The van der Waals surface area contributed by atoms with Gasteiger partial charge in [-0.2, -0.15) is 0 Å². The molecule has 4 rings (SSSR count). The maximum Gasteiger partial charge on any atom is 0.265 e. The quantitative estimate of drug-likeness (QED) is 0.554. The van der Waals surface area contributed by atoms with Crippen molar-refractivity contribution in [1.82, 2.24) is 14.7 Å². The summed E-state index contributed by atoms with van der Waals surface area (Å²) in [6, 6.07) is 15.7. The summed E-state index contributed by atoms with van der Waals surface area (Å²) in [6.45, 7) is 7.79. The molecule has 0 radical (unpaired) electrons.